The molecule has 7 heteroatoms. The topological polar surface area (TPSA) is 92.3 Å². The molecular weight excluding hydrogens is 320 g/mol. The Morgan fingerprint density at radius 1 is 1.12 bits per heavy atom. The smallest absolute Gasteiger partial charge is 0.154 e. The molecule has 0 saturated carbocycles. The number of rotatable bonds is 9. The van der Waals surface area contributed by atoms with Crippen LogP contribution in [0, 0.1) is 0 Å². The predicted molar refractivity (Wildman–Crippen MR) is 95.0 cm³/mol. The van der Waals surface area contributed by atoms with Gasteiger partial charge in [0.25, 0.3) is 0 Å². The van der Waals surface area contributed by atoms with Crippen LogP contribution in [0.15, 0.2) is 42.5 Å². The minimum Gasteiger partial charge on any atom is -0.496 e. The number of nitrogens with one attached hydrogen (secondary N) is 2. The van der Waals surface area contributed by atoms with E-state index >= 15 is 0 Å². The van der Waals surface area contributed by atoms with E-state index < -0.39 is 6.10 Å². The van der Waals surface area contributed by atoms with Crippen LogP contribution in [0.5, 0.6) is 11.5 Å². The molecule has 3 rings (SSSR count). The first kappa shape index (κ1) is 17.2. The molecule has 25 heavy (non-hydrogen) atoms. The lowest BCUT2D eigenvalue weighted by molar-refractivity contribution is 0.107. The van der Waals surface area contributed by atoms with Crippen LogP contribution >= 0.6 is 0 Å². The van der Waals surface area contributed by atoms with E-state index in [4.69, 9.17) is 9.47 Å². The number of nitrogens with zero attached hydrogens (tertiary/aromatic N) is 2. The molecule has 1 aromatic heterocycles. The van der Waals surface area contributed by atoms with Crippen molar-refractivity contribution >= 4 is 11.0 Å². The molecule has 0 fully saturated rings. The van der Waals surface area contributed by atoms with Crippen molar-refractivity contribution in [3.63, 3.8) is 0 Å². The second-order valence-electron chi connectivity index (χ2n) is 5.68. The van der Waals surface area contributed by atoms with Gasteiger partial charge in [-0.1, -0.05) is 24.3 Å². The Kier molecular flexibility index (Phi) is 5.81. The standard InChI is InChI=1S/C18H22N4O3/c1-24-16-7-3-2-5-13(16)9-10-19-11-14(23)12-25-17-8-4-6-15-18(17)21-22-20-15/h2-8,14,19,23H,9-12H2,1H3,(H,20,21,22). The molecule has 2 aromatic carbocycles. The molecular formula is C18H22N4O3. The van der Waals surface area contributed by atoms with Crippen LogP contribution < -0.4 is 14.8 Å². The largest absolute Gasteiger partial charge is 0.496 e. The van der Waals surface area contributed by atoms with E-state index in [9.17, 15) is 5.11 Å². The second kappa shape index (κ2) is 8.46. The highest BCUT2D eigenvalue weighted by Gasteiger charge is 2.09. The summed E-state index contributed by atoms with van der Waals surface area (Å²) in [4.78, 5) is 0. The number of ether oxygens (including phenoxy) is 2. The van der Waals surface area contributed by atoms with Crippen molar-refractivity contribution in [1.82, 2.24) is 20.7 Å². The first-order valence-electron chi connectivity index (χ1n) is 8.21. The van der Waals surface area contributed by atoms with E-state index in [-0.39, 0.29) is 6.61 Å². The number of aliphatic hydroxyl groups excluding tert-OH is 1. The third-order valence-electron chi connectivity index (χ3n) is 3.88. The van der Waals surface area contributed by atoms with E-state index in [0.717, 1.165) is 29.8 Å². The SMILES string of the molecule is COc1ccccc1CCNCC(O)COc1cccc2n[nH]nc12. The number of hydrogen-bond donors (Lipinski definition) is 3. The number of aromatic nitrogens is 3. The lowest BCUT2D eigenvalue weighted by Gasteiger charge is -2.14. The molecule has 1 atom stereocenters. The molecule has 132 valence electrons. The molecule has 1 unspecified atom stereocenters. The van der Waals surface area contributed by atoms with Crippen LogP contribution in [0.4, 0.5) is 0 Å². The average Bonchev–Trinajstić information content (AvgIpc) is 3.13. The number of para-hydroxylation sites is 2. The van der Waals surface area contributed by atoms with E-state index in [1.54, 1.807) is 7.11 Å². The number of methoxy groups -OCH3 is 1. The summed E-state index contributed by atoms with van der Waals surface area (Å²) in [5.41, 5.74) is 2.54. The number of aromatic amines is 1. The van der Waals surface area contributed by atoms with Crippen LogP contribution in [0.2, 0.25) is 0 Å². The lowest BCUT2D eigenvalue weighted by Crippen LogP contribution is -2.32. The zero-order chi connectivity index (χ0) is 17.5. The van der Waals surface area contributed by atoms with Gasteiger partial charge in [-0.05, 0) is 36.7 Å². The fourth-order valence-corrected chi connectivity index (χ4v) is 2.60. The zero-order valence-corrected chi connectivity index (χ0v) is 14.1. The highest BCUT2D eigenvalue weighted by Crippen LogP contribution is 2.21. The van der Waals surface area contributed by atoms with Crippen LogP contribution in [0.25, 0.3) is 11.0 Å². The number of fused-ring (bicyclic) bond motifs is 1. The van der Waals surface area contributed by atoms with Gasteiger partial charge in [0.15, 0.2) is 5.52 Å². The van der Waals surface area contributed by atoms with Crippen molar-refractivity contribution in [1.29, 1.82) is 0 Å². The third-order valence-corrected chi connectivity index (χ3v) is 3.88. The highest BCUT2D eigenvalue weighted by atomic mass is 16.5. The second-order valence-corrected chi connectivity index (χ2v) is 5.68. The van der Waals surface area contributed by atoms with Gasteiger partial charge in [0.2, 0.25) is 0 Å². The maximum Gasteiger partial charge on any atom is 0.154 e. The Hall–Kier alpha value is -2.64. The van der Waals surface area contributed by atoms with Gasteiger partial charge in [-0.15, -0.1) is 0 Å². The van der Waals surface area contributed by atoms with Crippen molar-refractivity contribution in [3.05, 3.63) is 48.0 Å². The zero-order valence-electron chi connectivity index (χ0n) is 14.1. The normalized spacial score (nSPS) is 12.2. The Morgan fingerprint density at radius 3 is 2.84 bits per heavy atom. The van der Waals surface area contributed by atoms with Gasteiger partial charge in [0, 0.05) is 6.54 Å². The van der Waals surface area contributed by atoms with E-state index in [1.807, 2.05) is 42.5 Å². The molecule has 0 aliphatic carbocycles. The fraction of sp³-hybridized carbons (Fsp3) is 0.333. The number of hydrogen-bond acceptors (Lipinski definition) is 6. The van der Waals surface area contributed by atoms with Crippen molar-refractivity contribution in [2.24, 2.45) is 0 Å². The molecule has 0 amide bonds. The molecule has 3 aromatic rings. The minimum atomic E-state index is -0.611. The third kappa shape index (κ3) is 4.46. The monoisotopic (exact) mass is 342 g/mol. The molecule has 0 saturated heterocycles. The molecule has 0 bridgehead atoms. The van der Waals surface area contributed by atoms with Gasteiger partial charge in [0.05, 0.1) is 7.11 Å². The predicted octanol–water partition coefficient (Wildman–Crippen LogP) is 1.54. The van der Waals surface area contributed by atoms with Crippen LogP contribution in [-0.2, 0) is 6.42 Å². The van der Waals surface area contributed by atoms with E-state index in [2.05, 4.69) is 20.7 Å². The molecule has 0 radical (unpaired) electrons. The first-order chi connectivity index (χ1) is 12.3. The summed E-state index contributed by atoms with van der Waals surface area (Å²) >= 11 is 0. The van der Waals surface area contributed by atoms with Crippen molar-refractivity contribution in [2.45, 2.75) is 12.5 Å². The highest BCUT2D eigenvalue weighted by molar-refractivity contribution is 5.80. The molecule has 0 aliphatic heterocycles. The lowest BCUT2D eigenvalue weighted by atomic mass is 10.1. The maximum absolute atomic E-state index is 10.1. The summed E-state index contributed by atoms with van der Waals surface area (Å²) in [7, 11) is 1.67. The molecule has 7 nitrogen and oxygen atoms in total. The van der Waals surface area contributed by atoms with Crippen molar-refractivity contribution in [2.75, 3.05) is 26.8 Å². The van der Waals surface area contributed by atoms with Gasteiger partial charge in [0.1, 0.15) is 29.7 Å². The van der Waals surface area contributed by atoms with Crippen LogP contribution in [0.3, 0.4) is 0 Å². The van der Waals surface area contributed by atoms with Gasteiger partial charge < -0.3 is 19.9 Å². The first-order valence-corrected chi connectivity index (χ1v) is 8.21. The van der Waals surface area contributed by atoms with Crippen molar-refractivity contribution in [3.8, 4) is 11.5 Å². The molecule has 0 spiro atoms. The average molecular weight is 342 g/mol. The van der Waals surface area contributed by atoms with Gasteiger partial charge >= 0.3 is 0 Å². The summed E-state index contributed by atoms with van der Waals surface area (Å²) < 4.78 is 11.0. The van der Waals surface area contributed by atoms with E-state index in [0.29, 0.717) is 17.8 Å². The Balaban J connectivity index is 1.41. The summed E-state index contributed by atoms with van der Waals surface area (Å²) in [6.07, 6.45) is 0.218. The molecule has 3 N–H and O–H groups in total. The molecule has 0 aliphatic rings. The summed E-state index contributed by atoms with van der Waals surface area (Å²) in [5, 5.41) is 23.9. The van der Waals surface area contributed by atoms with Crippen LogP contribution in [-0.4, -0.2) is 53.4 Å². The van der Waals surface area contributed by atoms with Gasteiger partial charge in [-0.25, -0.2) is 0 Å². The molecule has 1 heterocycles. The number of aliphatic hydroxyl groups is 1. The summed E-state index contributed by atoms with van der Waals surface area (Å²) in [5.74, 6) is 1.49. The minimum absolute atomic E-state index is 0.188. The summed E-state index contributed by atoms with van der Waals surface area (Å²) in [6.45, 7) is 1.38. The Bertz CT molecular complexity index is 806. The Morgan fingerprint density at radius 2 is 1.96 bits per heavy atom. The quantitative estimate of drug-likeness (QED) is 0.511. The van der Waals surface area contributed by atoms with Gasteiger partial charge in [-0.2, -0.15) is 15.4 Å². The number of H-pyrrole nitrogens is 1. The Labute approximate surface area is 146 Å². The van der Waals surface area contributed by atoms with E-state index in [1.165, 1.54) is 0 Å². The van der Waals surface area contributed by atoms with Crippen molar-refractivity contribution < 1.29 is 14.6 Å². The maximum atomic E-state index is 10.1. The van der Waals surface area contributed by atoms with Crippen LogP contribution in [0.1, 0.15) is 5.56 Å². The number of benzene rings is 2. The fourth-order valence-electron chi connectivity index (χ4n) is 2.60. The summed E-state index contributed by atoms with van der Waals surface area (Å²) in [6, 6.07) is 13.4. The van der Waals surface area contributed by atoms with Gasteiger partial charge in [-0.3, -0.25) is 0 Å².